The van der Waals surface area contributed by atoms with Gasteiger partial charge in [-0.25, -0.2) is 9.50 Å². The van der Waals surface area contributed by atoms with Crippen LogP contribution in [-0.4, -0.2) is 59.9 Å². The highest BCUT2D eigenvalue weighted by atomic mass is 16.5. The lowest BCUT2D eigenvalue weighted by Gasteiger charge is -2.35. The van der Waals surface area contributed by atoms with Gasteiger partial charge in [0.25, 0.3) is 0 Å². The van der Waals surface area contributed by atoms with Gasteiger partial charge in [-0.05, 0) is 24.3 Å². The van der Waals surface area contributed by atoms with E-state index in [4.69, 9.17) is 9.47 Å². The lowest BCUT2D eigenvalue weighted by atomic mass is 10.1. The molecule has 0 saturated carbocycles. The van der Waals surface area contributed by atoms with Crippen molar-refractivity contribution in [3.63, 3.8) is 0 Å². The number of benzene rings is 1. The summed E-state index contributed by atoms with van der Waals surface area (Å²) >= 11 is 0. The Balaban J connectivity index is 1.45. The van der Waals surface area contributed by atoms with Crippen LogP contribution in [0.2, 0.25) is 0 Å². The summed E-state index contributed by atoms with van der Waals surface area (Å²) in [6.45, 7) is 4.65. The normalized spacial score (nSPS) is 15.4. The van der Waals surface area contributed by atoms with Crippen molar-refractivity contribution >= 4 is 11.3 Å². The summed E-state index contributed by atoms with van der Waals surface area (Å²) in [5.41, 5.74) is 2.20. The molecule has 0 atom stereocenters. The minimum absolute atomic E-state index is 0.846. The van der Waals surface area contributed by atoms with Crippen LogP contribution < -0.4 is 14.4 Å². The number of nitrogens with zero attached hydrogens (tertiary/aromatic N) is 5. The molecule has 7 heteroatoms. The van der Waals surface area contributed by atoms with E-state index in [1.54, 1.807) is 14.2 Å². The fourth-order valence-electron chi connectivity index (χ4n) is 3.45. The van der Waals surface area contributed by atoms with Crippen molar-refractivity contribution in [1.82, 2.24) is 19.5 Å². The molecule has 3 heterocycles. The summed E-state index contributed by atoms with van der Waals surface area (Å²) in [4.78, 5) is 9.34. The molecule has 2 aromatic heterocycles. The Hall–Kier alpha value is -2.80. The monoisotopic (exact) mass is 353 g/mol. The maximum atomic E-state index is 5.50. The fourth-order valence-corrected chi connectivity index (χ4v) is 3.45. The molecule has 0 bridgehead atoms. The SMILES string of the molecule is COc1ccc(OC)c(CN2CCN(c3nccn4nccc34)CC2)c1. The summed E-state index contributed by atoms with van der Waals surface area (Å²) in [7, 11) is 3.40. The van der Waals surface area contributed by atoms with Gasteiger partial charge in [0.15, 0.2) is 5.82 Å². The van der Waals surface area contributed by atoms with E-state index in [0.29, 0.717) is 0 Å². The van der Waals surface area contributed by atoms with Crippen LogP contribution in [0.15, 0.2) is 42.9 Å². The third-order valence-corrected chi connectivity index (χ3v) is 4.86. The van der Waals surface area contributed by atoms with Gasteiger partial charge in [0.1, 0.15) is 17.0 Å². The Kier molecular flexibility index (Phi) is 4.62. The van der Waals surface area contributed by atoms with Crippen LogP contribution in [0.1, 0.15) is 5.56 Å². The number of ether oxygens (including phenoxy) is 2. The summed E-state index contributed by atoms with van der Waals surface area (Å²) in [5.74, 6) is 2.76. The van der Waals surface area contributed by atoms with Gasteiger partial charge in [0.05, 0.1) is 20.4 Å². The molecule has 1 saturated heterocycles. The van der Waals surface area contributed by atoms with Gasteiger partial charge in [0.2, 0.25) is 0 Å². The van der Waals surface area contributed by atoms with E-state index in [9.17, 15) is 0 Å². The highest BCUT2D eigenvalue weighted by molar-refractivity contribution is 5.68. The first-order valence-electron chi connectivity index (χ1n) is 8.75. The number of hydrogen-bond donors (Lipinski definition) is 0. The van der Waals surface area contributed by atoms with Crippen molar-refractivity contribution in [3.8, 4) is 11.5 Å². The minimum atomic E-state index is 0.846. The van der Waals surface area contributed by atoms with Crippen LogP contribution in [0.25, 0.3) is 5.52 Å². The number of rotatable bonds is 5. The Morgan fingerprint density at radius 3 is 2.62 bits per heavy atom. The fraction of sp³-hybridized carbons (Fsp3) is 0.368. The Bertz CT molecular complexity index is 887. The minimum Gasteiger partial charge on any atom is -0.497 e. The first-order valence-corrected chi connectivity index (χ1v) is 8.75. The molecule has 26 heavy (non-hydrogen) atoms. The average molecular weight is 353 g/mol. The van der Waals surface area contributed by atoms with E-state index in [1.807, 2.05) is 41.3 Å². The zero-order valence-electron chi connectivity index (χ0n) is 15.1. The van der Waals surface area contributed by atoms with Gasteiger partial charge in [-0.1, -0.05) is 0 Å². The van der Waals surface area contributed by atoms with E-state index in [1.165, 1.54) is 0 Å². The summed E-state index contributed by atoms with van der Waals surface area (Å²) in [6.07, 6.45) is 5.50. The molecule has 136 valence electrons. The molecule has 0 amide bonds. The zero-order valence-corrected chi connectivity index (χ0v) is 15.1. The molecular formula is C19H23N5O2. The van der Waals surface area contributed by atoms with E-state index < -0.39 is 0 Å². The van der Waals surface area contributed by atoms with Gasteiger partial charge >= 0.3 is 0 Å². The van der Waals surface area contributed by atoms with Crippen LogP contribution in [0, 0.1) is 0 Å². The van der Waals surface area contributed by atoms with Gasteiger partial charge in [0, 0.05) is 50.7 Å². The topological polar surface area (TPSA) is 55.1 Å². The van der Waals surface area contributed by atoms with Gasteiger partial charge in [-0.2, -0.15) is 5.10 Å². The molecule has 0 spiro atoms. The highest BCUT2D eigenvalue weighted by Gasteiger charge is 2.21. The lowest BCUT2D eigenvalue weighted by molar-refractivity contribution is 0.245. The number of anilines is 1. The first-order chi connectivity index (χ1) is 12.8. The predicted octanol–water partition coefficient (Wildman–Crippen LogP) is 2.07. The van der Waals surface area contributed by atoms with Crippen LogP contribution in [0.5, 0.6) is 11.5 Å². The molecular weight excluding hydrogens is 330 g/mol. The number of piperazine rings is 1. The molecule has 1 aliphatic heterocycles. The Labute approximate surface area is 152 Å². The van der Waals surface area contributed by atoms with Crippen molar-refractivity contribution in [2.75, 3.05) is 45.3 Å². The smallest absolute Gasteiger partial charge is 0.154 e. The van der Waals surface area contributed by atoms with Crippen LogP contribution in [0.4, 0.5) is 5.82 Å². The van der Waals surface area contributed by atoms with E-state index >= 15 is 0 Å². The predicted molar refractivity (Wildman–Crippen MR) is 100 cm³/mol. The first kappa shape index (κ1) is 16.7. The molecule has 3 aromatic rings. The molecule has 0 radical (unpaired) electrons. The molecule has 1 fully saturated rings. The van der Waals surface area contributed by atoms with Crippen molar-refractivity contribution in [2.45, 2.75) is 6.54 Å². The number of fused-ring (bicyclic) bond motifs is 1. The molecule has 7 nitrogen and oxygen atoms in total. The number of aromatic nitrogens is 3. The van der Waals surface area contributed by atoms with Crippen molar-refractivity contribution in [3.05, 3.63) is 48.4 Å². The second-order valence-corrected chi connectivity index (χ2v) is 6.35. The second kappa shape index (κ2) is 7.21. The highest BCUT2D eigenvalue weighted by Crippen LogP contribution is 2.26. The maximum Gasteiger partial charge on any atom is 0.154 e. The van der Waals surface area contributed by atoms with Gasteiger partial charge in [-0.3, -0.25) is 4.90 Å². The van der Waals surface area contributed by atoms with Crippen molar-refractivity contribution in [1.29, 1.82) is 0 Å². The maximum absolute atomic E-state index is 5.50. The molecule has 0 N–H and O–H groups in total. The summed E-state index contributed by atoms with van der Waals surface area (Å²) in [5, 5.41) is 4.29. The number of methoxy groups -OCH3 is 2. The molecule has 4 rings (SSSR count). The summed E-state index contributed by atoms with van der Waals surface area (Å²) < 4.78 is 12.7. The largest absolute Gasteiger partial charge is 0.497 e. The van der Waals surface area contributed by atoms with E-state index in [2.05, 4.69) is 25.9 Å². The lowest BCUT2D eigenvalue weighted by Crippen LogP contribution is -2.46. The Morgan fingerprint density at radius 1 is 1.00 bits per heavy atom. The second-order valence-electron chi connectivity index (χ2n) is 6.35. The molecule has 0 unspecified atom stereocenters. The number of hydrogen-bond acceptors (Lipinski definition) is 6. The van der Waals surface area contributed by atoms with E-state index in [0.717, 1.165) is 61.1 Å². The van der Waals surface area contributed by atoms with Gasteiger partial charge < -0.3 is 14.4 Å². The third-order valence-electron chi connectivity index (χ3n) is 4.86. The standard InChI is InChI=1S/C19H23N5O2/c1-25-16-3-4-18(26-2)15(13-16)14-22-9-11-23(12-10-22)19-17-5-6-21-24(17)8-7-20-19/h3-8,13H,9-12,14H2,1-2H3. The van der Waals surface area contributed by atoms with E-state index in [-0.39, 0.29) is 0 Å². The van der Waals surface area contributed by atoms with Crippen LogP contribution in [0.3, 0.4) is 0 Å². The van der Waals surface area contributed by atoms with Crippen LogP contribution in [-0.2, 0) is 6.54 Å². The zero-order chi connectivity index (χ0) is 17.9. The molecule has 1 aliphatic rings. The van der Waals surface area contributed by atoms with Crippen molar-refractivity contribution < 1.29 is 9.47 Å². The molecule has 1 aromatic carbocycles. The quantitative estimate of drug-likeness (QED) is 0.700. The van der Waals surface area contributed by atoms with Crippen LogP contribution >= 0.6 is 0 Å². The third kappa shape index (κ3) is 3.17. The van der Waals surface area contributed by atoms with Crippen molar-refractivity contribution in [2.24, 2.45) is 0 Å². The average Bonchev–Trinajstić information content (AvgIpc) is 3.17. The van der Waals surface area contributed by atoms with Gasteiger partial charge in [-0.15, -0.1) is 0 Å². The Morgan fingerprint density at radius 2 is 1.85 bits per heavy atom. The molecule has 0 aliphatic carbocycles. The summed E-state index contributed by atoms with van der Waals surface area (Å²) in [6, 6.07) is 7.96.